The third-order valence-corrected chi connectivity index (χ3v) is 4.06. The van der Waals surface area contributed by atoms with Crippen LogP contribution in [-0.4, -0.2) is 20.3 Å². The first-order valence-electron chi connectivity index (χ1n) is 7.90. The highest BCUT2D eigenvalue weighted by atomic mass is 19.4. The van der Waals surface area contributed by atoms with Gasteiger partial charge in [0.05, 0.1) is 17.8 Å². The van der Waals surface area contributed by atoms with Gasteiger partial charge in [-0.3, -0.25) is 9.48 Å². The van der Waals surface area contributed by atoms with E-state index in [1.807, 2.05) is 12.1 Å². The molecule has 0 radical (unpaired) electrons. The van der Waals surface area contributed by atoms with E-state index >= 15 is 0 Å². The van der Waals surface area contributed by atoms with E-state index in [2.05, 4.69) is 10.4 Å². The molecule has 3 aromatic rings. The summed E-state index contributed by atoms with van der Waals surface area (Å²) < 4.78 is 41.9. The SMILES string of the molecule is CC(NC(=O)c1cnn(C)c1-n1cccc1)c1cccc(C(F)(F)F)c1. The second kappa shape index (κ2) is 6.70. The normalized spacial score (nSPS) is 12.8. The van der Waals surface area contributed by atoms with Crippen molar-refractivity contribution in [1.82, 2.24) is 19.7 Å². The summed E-state index contributed by atoms with van der Waals surface area (Å²) in [4.78, 5) is 12.6. The summed E-state index contributed by atoms with van der Waals surface area (Å²) in [5, 5.41) is 6.84. The number of halogens is 3. The fourth-order valence-electron chi connectivity index (χ4n) is 2.72. The number of carbonyl (C=O) groups excluding carboxylic acids is 1. The Bertz CT molecular complexity index is 913. The number of carbonyl (C=O) groups is 1. The summed E-state index contributed by atoms with van der Waals surface area (Å²) in [5.41, 5.74) is -0.0346. The summed E-state index contributed by atoms with van der Waals surface area (Å²) in [7, 11) is 1.71. The van der Waals surface area contributed by atoms with Gasteiger partial charge >= 0.3 is 6.18 Å². The average molecular weight is 362 g/mol. The lowest BCUT2D eigenvalue weighted by molar-refractivity contribution is -0.137. The summed E-state index contributed by atoms with van der Waals surface area (Å²) >= 11 is 0. The Morgan fingerprint density at radius 3 is 2.54 bits per heavy atom. The Balaban J connectivity index is 1.83. The molecule has 0 bridgehead atoms. The van der Waals surface area contributed by atoms with Crippen molar-refractivity contribution in [1.29, 1.82) is 0 Å². The first kappa shape index (κ1) is 17.8. The van der Waals surface area contributed by atoms with Crippen LogP contribution in [-0.2, 0) is 13.2 Å². The number of aryl methyl sites for hydroxylation is 1. The molecule has 3 rings (SSSR count). The molecule has 8 heteroatoms. The molecule has 0 aliphatic carbocycles. The molecule has 1 aromatic carbocycles. The third kappa shape index (κ3) is 3.49. The maximum Gasteiger partial charge on any atom is 0.416 e. The van der Waals surface area contributed by atoms with Gasteiger partial charge in [-0.15, -0.1) is 0 Å². The molecule has 0 fully saturated rings. The molecular formula is C18H17F3N4O. The molecule has 2 heterocycles. The number of aromatic nitrogens is 3. The van der Waals surface area contributed by atoms with Crippen molar-refractivity contribution in [2.24, 2.45) is 7.05 Å². The second-order valence-corrected chi connectivity index (χ2v) is 5.91. The molecule has 26 heavy (non-hydrogen) atoms. The zero-order chi connectivity index (χ0) is 18.9. The van der Waals surface area contributed by atoms with Crippen LogP contribution in [0.5, 0.6) is 0 Å². The molecule has 0 saturated carbocycles. The zero-order valence-electron chi connectivity index (χ0n) is 14.2. The van der Waals surface area contributed by atoms with Gasteiger partial charge in [0.1, 0.15) is 11.4 Å². The topological polar surface area (TPSA) is 51.9 Å². The summed E-state index contributed by atoms with van der Waals surface area (Å²) in [5.74, 6) is 0.162. The van der Waals surface area contributed by atoms with Gasteiger partial charge in [0, 0.05) is 19.4 Å². The van der Waals surface area contributed by atoms with Crippen molar-refractivity contribution in [3.8, 4) is 5.82 Å². The Hall–Kier alpha value is -3.03. The third-order valence-electron chi connectivity index (χ3n) is 4.06. The summed E-state index contributed by atoms with van der Waals surface area (Å²) in [6, 6.07) is 7.97. The van der Waals surface area contributed by atoms with Gasteiger partial charge in [-0.25, -0.2) is 0 Å². The van der Waals surface area contributed by atoms with Gasteiger partial charge in [-0.2, -0.15) is 18.3 Å². The first-order valence-corrected chi connectivity index (χ1v) is 7.90. The van der Waals surface area contributed by atoms with Crippen LogP contribution in [0.25, 0.3) is 5.82 Å². The maximum atomic E-state index is 12.9. The van der Waals surface area contributed by atoms with Crippen LogP contribution in [0.15, 0.2) is 55.0 Å². The van der Waals surface area contributed by atoms with Gasteiger partial charge in [0.25, 0.3) is 5.91 Å². The minimum absolute atomic E-state index is 0.336. The number of rotatable bonds is 4. The van der Waals surface area contributed by atoms with E-state index in [4.69, 9.17) is 0 Å². The fourth-order valence-corrected chi connectivity index (χ4v) is 2.72. The van der Waals surface area contributed by atoms with Gasteiger partial charge in [0.15, 0.2) is 0 Å². The van der Waals surface area contributed by atoms with E-state index in [0.29, 0.717) is 16.9 Å². The molecule has 136 valence electrons. The number of nitrogens with one attached hydrogen (secondary N) is 1. The van der Waals surface area contributed by atoms with Crippen LogP contribution in [0, 0.1) is 0 Å². The largest absolute Gasteiger partial charge is 0.416 e. The zero-order valence-corrected chi connectivity index (χ0v) is 14.2. The number of hydrogen-bond acceptors (Lipinski definition) is 2. The van der Waals surface area contributed by atoms with Crippen molar-refractivity contribution in [2.45, 2.75) is 19.1 Å². The van der Waals surface area contributed by atoms with Gasteiger partial charge in [-0.05, 0) is 36.8 Å². The highest BCUT2D eigenvalue weighted by molar-refractivity contribution is 5.97. The van der Waals surface area contributed by atoms with E-state index in [1.165, 1.54) is 12.3 Å². The molecule has 1 atom stereocenters. The van der Waals surface area contributed by atoms with Crippen LogP contribution in [0.2, 0.25) is 0 Å². The molecule has 0 saturated heterocycles. The highest BCUT2D eigenvalue weighted by Gasteiger charge is 2.31. The predicted molar refractivity (Wildman–Crippen MR) is 89.9 cm³/mol. The fraction of sp³-hybridized carbons (Fsp3) is 0.222. The minimum Gasteiger partial charge on any atom is -0.345 e. The van der Waals surface area contributed by atoms with E-state index < -0.39 is 23.7 Å². The average Bonchev–Trinajstić information content (AvgIpc) is 3.23. The number of amides is 1. The summed E-state index contributed by atoms with van der Waals surface area (Å²) in [6.07, 6.45) is 0.572. The smallest absolute Gasteiger partial charge is 0.345 e. The molecule has 0 spiro atoms. The molecule has 2 aromatic heterocycles. The van der Waals surface area contributed by atoms with Crippen LogP contribution < -0.4 is 5.32 Å². The van der Waals surface area contributed by atoms with Crippen molar-refractivity contribution in [3.05, 3.63) is 71.7 Å². The Kier molecular flexibility index (Phi) is 4.58. The Morgan fingerprint density at radius 2 is 1.88 bits per heavy atom. The van der Waals surface area contributed by atoms with Crippen LogP contribution in [0.3, 0.4) is 0 Å². The number of hydrogen-bond donors (Lipinski definition) is 1. The van der Waals surface area contributed by atoms with E-state index in [0.717, 1.165) is 12.1 Å². The quantitative estimate of drug-likeness (QED) is 0.769. The van der Waals surface area contributed by atoms with E-state index in [-0.39, 0.29) is 0 Å². The number of alkyl halides is 3. The van der Waals surface area contributed by atoms with Crippen LogP contribution >= 0.6 is 0 Å². The number of benzene rings is 1. The monoisotopic (exact) mass is 362 g/mol. The van der Waals surface area contributed by atoms with Crippen molar-refractivity contribution >= 4 is 5.91 Å². The van der Waals surface area contributed by atoms with Gasteiger partial charge in [-0.1, -0.05) is 12.1 Å². The van der Waals surface area contributed by atoms with Crippen molar-refractivity contribution in [3.63, 3.8) is 0 Å². The van der Waals surface area contributed by atoms with E-state index in [1.54, 1.807) is 41.7 Å². The molecule has 5 nitrogen and oxygen atoms in total. The number of nitrogens with zero attached hydrogens (tertiary/aromatic N) is 3. The molecule has 1 N–H and O–H groups in total. The Labute approximate surface area is 148 Å². The predicted octanol–water partition coefficient (Wildman–Crippen LogP) is 3.72. The Morgan fingerprint density at radius 1 is 1.19 bits per heavy atom. The van der Waals surface area contributed by atoms with Gasteiger partial charge in [0.2, 0.25) is 0 Å². The van der Waals surface area contributed by atoms with Gasteiger partial charge < -0.3 is 9.88 Å². The first-order chi connectivity index (χ1) is 12.3. The lowest BCUT2D eigenvalue weighted by atomic mass is 10.0. The highest BCUT2D eigenvalue weighted by Crippen LogP contribution is 2.30. The lowest BCUT2D eigenvalue weighted by Crippen LogP contribution is -2.27. The maximum absolute atomic E-state index is 12.9. The lowest BCUT2D eigenvalue weighted by Gasteiger charge is -2.16. The molecule has 0 aliphatic heterocycles. The van der Waals surface area contributed by atoms with Crippen LogP contribution in [0.4, 0.5) is 13.2 Å². The second-order valence-electron chi connectivity index (χ2n) is 5.91. The standard InChI is InChI=1S/C18H17F3N4O/c1-12(13-6-5-7-14(10-13)18(19,20)21)23-16(26)15-11-22-24(2)17(15)25-8-3-4-9-25/h3-12H,1-2H3,(H,23,26). The molecule has 1 amide bonds. The van der Waals surface area contributed by atoms with Crippen LogP contribution in [0.1, 0.15) is 34.5 Å². The molecular weight excluding hydrogens is 345 g/mol. The van der Waals surface area contributed by atoms with E-state index in [9.17, 15) is 18.0 Å². The summed E-state index contributed by atoms with van der Waals surface area (Å²) in [6.45, 7) is 1.64. The van der Waals surface area contributed by atoms with Crippen molar-refractivity contribution in [2.75, 3.05) is 0 Å². The molecule has 0 aliphatic rings. The molecule has 1 unspecified atom stereocenters. The minimum atomic E-state index is -4.43. The van der Waals surface area contributed by atoms with Crippen molar-refractivity contribution < 1.29 is 18.0 Å².